The minimum absolute atomic E-state index is 0.0111. The zero-order valence-corrected chi connectivity index (χ0v) is 26.5. The van der Waals surface area contributed by atoms with Crippen LogP contribution in [0, 0.1) is 13.8 Å². The molecule has 1 atom stereocenters. The monoisotopic (exact) mass is 633 g/mol. The first-order chi connectivity index (χ1) is 21.6. The number of aryl methyl sites for hydroxylation is 1. The number of halogens is 1. The maximum atomic E-state index is 13.5. The summed E-state index contributed by atoms with van der Waals surface area (Å²) >= 11 is 6.32. The number of methoxy groups -OCH3 is 1. The van der Waals surface area contributed by atoms with Gasteiger partial charge in [-0.2, -0.15) is 0 Å². The molecule has 0 unspecified atom stereocenters. The van der Waals surface area contributed by atoms with Crippen molar-refractivity contribution in [2.24, 2.45) is 0 Å². The molecule has 2 aliphatic heterocycles. The third kappa shape index (κ3) is 5.60. The van der Waals surface area contributed by atoms with E-state index in [1.807, 2.05) is 14.0 Å². The number of ketones is 1. The summed E-state index contributed by atoms with van der Waals surface area (Å²) < 4.78 is 11.0. The molecular weight excluding hydrogens is 598 g/mol. The van der Waals surface area contributed by atoms with Crippen molar-refractivity contribution in [3.8, 4) is 11.5 Å². The minimum Gasteiger partial charge on any atom is -0.495 e. The van der Waals surface area contributed by atoms with Gasteiger partial charge in [-0.15, -0.1) is 0 Å². The topological polar surface area (TPSA) is 137 Å². The van der Waals surface area contributed by atoms with E-state index in [4.69, 9.17) is 26.1 Å². The van der Waals surface area contributed by atoms with Crippen LogP contribution in [0.5, 0.6) is 11.5 Å². The second kappa shape index (κ2) is 12.3. The zero-order chi connectivity index (χ0) is 32.0. The van der Waals surface area contributed by atoms with Gasteiger partial charge in [0.05, 0.1) is 39.9 Å². The summed E-state index contributed by atoms with van der Waals surface area (Å²) in [5.74, 6) is 0.676. The van der Waals surface area contributed by atoms with Gasteiger partial charge in [0.25, 0.3) is 11.8 Å². The van der Waals surface area contributed by atoms with E-state index >= 15 is 0 Å². The smallest absolute Gasteiger partial charge is 0.262 e. The number of imide groups is 1. The lowest BCUT2D eigenvalue weighted by Gasteiger charge is -2.33. The number of aromatic amines is 1. The molecule has 0 bridgehead atoms. The van der Waals surface area contributed by atoms with Crippen LogP contribution in [0.15, 0.2) is 36.0 Å². The molecule has 6 rings (SSSR count). The number of hydrogen-bond acceptors (Lipinski definition) is 9. The number of likely N-dealkylation sites (tertiary alicyclic amines) is 1. The average Bonchev–Trinajstić information content (AvgIpc) is 3.56. The molecule has 45 heavy (non-hydrogen) atoms. The number of imidazole rings is 1. The molecule has 1 aromatic heterocycles. The first-order valence-corrected chi connectivity index (χ1v) is 15.4. The number of aliphatic hydroxyl groups is 1. The molecule has 1 aliphatic carbocycles. The number of carbonyl (C=O) groups is 3. The zero-order valence-electron chi connectivity index (χ0n) is 25.7. The molecule has 1 saturated heterocycles. The number of rotatable bonds is 9. The second-order valence-electron chi connectivity index (χ2n) is 11.8. The Bertz CT molecular complexity index is 1770. The molecule has 2 amide bonds. The Morgan fingerprint density at radius 3 is 2.60 bits per heavy atom. The quantitative estimate of drug-likeness (QED) is 0.301. The number of aromatic nitrogens is 2. The number of Topliss-reactive ketones (excluding diaryl/α,β-unsaturated/α-hetero) is 1. The van der Waals surface area contributed by atoms with Gasteiger partial charge in [0.15, 0.2) is 5.78 Å². The van der Waals surface area contributed by atoms with Gasteiger partial charge >= 0.3 is 0 Å². The third-order valence-electron chi connectivity index (χ3n) is 8.81. The highest BCUT2D eigenvalue weighted by atomic mass is 35.5. The fourth-order valence-electron chi connectivity index (χ4n) is 6.26. The summed E-state index contributed by atoms with van der Waals surface area (Å²) in [5.41, 5.74) is 3.99. The Morgan fingerprint density at radius 2 is 1.87 bits per heavy atom. The Balaban J connectivity index is 1.22. The highest BCUT2D eigenvalue weighted by Gasteiger charge is 2.42. The number of nitrogens with one attached hydrogen (secondary N) is 2. The number of H-pyrrole nitrogens is 1. The fraction of sp³-hybridized carbons (Fsp3) is 0.394. The molecule has 3 N–H and O–H groups in total. The lowest BCUT2D eigenvalue weighted by atomic mass is 10.00. The number of fused-ring (bicyclic) bond motifs is 2. The van der Waals surface area contributed by atoms with Crippen molar-refractivity contribution in [2.75, 3.05) is 40.4 Å². The number of ether oxygens (including phenoxy) is 2. The summed E-state index contributed by atoms with van der Waals surface area (Å²) in [4.78, 5) is 51.8. The molecule has 12 heteroatoms. The highest BCUT2D eigenvalue weighted by molar-refractivity contribution is 6.33. The normalized spacial score (nSPS) is 18.3. The molecule has 0 saturated carbocycles. The third-order valence-corrected chi connectivity index (χ3v) is 9.28. The Hall–Kier alpha value is -4.19. The number of aliphatic hydroxyl groups excluding tert-OH is 1. The molecule has 236 valence electrons. The largest absolute Gasteiger partial charge is 0.495 e. The fourth-order valence-corrected chi connectivity index (χ4v) is 6.49. The molecule has 0 radical (unpaired) electrons. The van der Waals surface area contributed by atoms with Crippen molar-refractivity contribution < 1.29 is 29.0 Å². The summed E-state index contributed by atoms with van der Waals surface area (Å²) in [6.07, 6.45) is 4.31. The van der Waals surface area contributed by atoms with Crippen molar-refractivity contribution in [1.29, 1.82) is 0 Å². The standard InChI is InChI=1S/C33H36ClN5O6/c1-17-25(8-9-26(44-4)29(17)34)45-16-20(40)15-35-22-6-5-7-24(41)28(22)31-36-23-14-21-27(18(2)30(23)37-31)33(43)39(32(21)42)19-10-12-38(3)13-11-19/h5-6,8-9,14,19-20,35,40H,7,10-13,15-16H2,1-4H3,(H,36,37)/t20-/m1/s1. The van der Waals surface area contributed by atoms with Crippen LogP contribution in [0.1, 0.15) is 56.9 Å². The SMILES string of the molecule is COc1ccc(OC[C@H](O)CNC2=C(c3nc4c(C)c5c(cc4[nH]3)C(=O)N(C3CCN(C)CC3)C5=O)C(=O)CC=C2)c(C)c1Cl. The van der Waals surface area contributed by atoms with Gasteiger partial charge in [0.2, 0.25) is 0 Å². The van der Waals surface area contributed by atoms with E-state index in [0.29, 0.717) is 66.9 Å². The van der Waals surface area contributed by atoms with Crippen LogP contribution in [0.3, 0.4) is 0 Å². The van der Waals surface area contributed by atoms with E-state index in [-0.39, 0.29) is 43.2 Å². The highest BCUT2D eigenvalue weighted by Crippen LogP contribution is 2.36. The van der Waals surface area contributed by atoms with Crippen molar-refractivity contribution in [3.05, 3.63) is 69.1 Å². The minimum atomic E-state index is -0.908. The molecule has 3 aliphatic rings. The van der Waals surface area contributed by atoms with Crippen molar-refractivity contribution in [1.82, 2.24) is 25.1 Å². The molecule has 2 aromatic carbocycles. The van der Waals surface area contributed by atoms with E-state index in [2.05, 4.69) is 15.2 Å². The summed E-state index contributed by atoms with van der Waals surface area (Å²) in [5, 5.41) is 14.3. The second-order valence-corrected chi connectivity index (χ2v) is 12.2. The maximum Gasteiger partial charge on any atom is 0.262 e. The van der Waals surface area contributed by atoms with Crippen LogP contribution in [0.2, 0.25) is 5.02 Å². The lowest BCUT2D eigenvalue weighted by molar-refractivity contribution is -0.113. The van der Waals surface area contributed by atoms with Crippen molar-refractivity contribution in [3.63, 3.8) is 0 Å². The summed E-state index contributed by atoms with van der Waals surface area (Å²) in [7, 11) is 3.57. The number of amides is 2. The summed E-state index contributed by atoms with van der Waals surface area (Å²) in [6, 6.07) is 4.98. The maximum absolute atomic E-state index is 13.5. The van der Waals surface area contributed by atoms with Crippen LogP contribution in [-0.2, 0) is 4.79 Å². The van der Waals surface area contributed by atoms with Gasteiger partial charge < -0.3 is 29.8 Å². The summed E-state index contributed by atoms with van der Waals surface area (Å²) in [6.45, 7) is 5.35. The van der Waals surface area contributed by atoms with Gasteiger partial charge in [0.1, 0.15) is 30.0 Å². The van der Waals surface area contributed by atoms with Crippen LogP contribution in [0.25, 0.3) is 16.6 Å². The van der Waals surface area contributed by atoms with E-state index in [1.165, 1.54) is 12.0 Å². The number of piperidine rings is 1. The molecular formula is C33H36ClN5O6. The van der Waals surface area contributed by atoms with Gasteiger partial charge in [0, 0.05) is 30.3 Å². The predicted molar refractivity (Wildman–Crippen MR) is 170 cm³/mol. The first-order valence-electron chi connectivity index (χ1n) is 15.0. The van der Waals surface area contributed by atoms with Crippen molar-refractivity contribution in [2.45, 2.75) is 45.3 Å². The van der Waals surface area contributed by atoms with Crippen LogP contribution in [0.4, 0.5) is 0 Å². The number of carbonyl (C=O) groups excluding carboxylic acids is 3. The Morgan fingerprint density at radius 1 is 1.13 bits per heavy atom. The number of hydrogen-bond donors (Lipinski definition) is 3. The average molecular weight is 634 g/mol. The number of nitrogens with zero attached hydrogens (tertiary/aromatic N) is 3. The van der Waals surface area contributed by atoms with E-state index in [9.17, 15) is 19.5 Å². The predicted octanol–water partition coefficient (Wildman–Crippen LogP) is 3.80. The number of benzene rings is 2. The Kier molecular flexibility index (Phi) is 8.43. The van der Waals surface area contributed by atoms with Crippen LogP contribution >= 0.6 is 11.6 Å². The van der Waals surface area contributed by atoms with E-state index in [0.717, 1.165) is 25.9 Å². The van der Waals surface area contributed by atoms with Crippen molar-refractivity contribution >= 4 is 45.8 Å². The number of allylic oxidation sites excluding steroid dienone is 3. The molecule has 11 nitrogen and oxygen atoms in total. The molecule has 1 fully saturated rings. The van der Waals surface area contributed by atoms with Gasteiger partial charge in [-0.1, -0.05) is 17.7 Å². The first kappa shape index (κ1) is 30.8. The van der Waals surface area contributed by atoms with Gasteiger partial charge in [-0.05, 0) is 76.7 Å². The van der Waals surface area contributed by atoms with Gasteiger partial charge in [-0.3, -0.25) is 19.3 Å². The molecule has 3 heterocycles. The molecule has 0 spiro atoms. The van der Waals surface area contributed by atoms with Crippen LogP contribution < -0.4 is 14.8 Å². The van der Waals surface area contributed by atoms with E-state index < -0.39 is 6.10 Å². The lowest BCUT2D eigenvalue weighted by Crippen LogP contribution is -2.46. The molecule has 3 aromatic rings. The Labute approximate surface area is 265 Å². The van der Waals surface area contributed by atoms with Gasteiger partial charge in [-0.25, -0.2) is 4.98 Å². The van der Waals surface area contributed by atoms with Crippen LogP contribution in [-0.4, -0.2) is 95.0 Å². The van der Waals surface area contributed by atoms with E-state index in [1.54, 1.807) is 37.3 Å².